The molecule has 1 saturated heterocycles. The van der Waals surface area contributed by atoms with Gasteiger partial charge in [-0.3, -0.25) is 4.79 Å². The third-order valence-electron chi connectivity index (χ3n) is 4.14. The van der Waals surface area contributed by atoms with Crippen LogP contribution in [-0.4, -0.2) is 60.3 Å². The number of anilines is 1. The van der Waals surface area contributed by atoms with Crippen LogP contribution in [0.5, 0.6) is 5.75 Å². The molecule has 1 atom stereocenters. The van der Waals surface area contributed by atoms with E-state index in [4.69, 9.17) is 9.84 Å². The number of amides is 3. The molecule has 0 radical (unpaired) electrons. The maximum Gasteiger partial charge on any atom is 0.318 e. The minimum absolute atomic E-state index is 0.0206. The van der Waals surface area contributed by atoms with E-state index >= 15 is 0 Å². The summed E-state index contributed by atoms with van der Waals surface area (Å²) in [6, 6.07) is 6.84. The number of nitrogens with zero attached hydrogens (tertiary/aromatic N) is 2. The van der Waals surface area contributed by atoms with Crippen LogP contribution in [-0.2, 0) is 4.79 Å². The van der Waals surface area contributed by atoms with E-state index in [0.717, 1.165) is 11.4 Å². The predicted octanol–water partition coefficient (Wildman–Crippen LogP) is 1.60. The van der Waals surface area contributed by atoms with Gasteiger partial charge >= 0.3 is 6.03 Å². The molecule has 1 unspecified atom stereocenters. The van der Waals surface area contributed by atoms with Crippen LogP contribution in [0.25, 0.3) is 0 Å². The van der Waals surface area contributed by atoms with Gasteiger partial charge in [0.25, 0.3) is 0 Å². The Morgan fingerprint density at radius 2 is 2.08 bits per heavy atom. The minimum atomic E-state index is -0.254. The topological polar surface area (TPSA) is 82.1 Å². The SMILES string of the molecule is CCOc1ccc(N2CC(NC(=O)N(CCO)C(C)C)CC2=O)cc1. The number of carbonyl (C=O) groups excluding carboxylic acids is 2. The number of hydrogen-bond acceptors (Lipinski definition) is 4. The smallest absolute Gasteiger partial charge is 0.318 e. The van der Waals surface area contributed by atoms with Gasteiger partial charge < -0.3 is 25.0 Å². The first-order chi connectivity index (χ1) is 12.0. The quantitative estimate of drug-likeness (QED) is 0.783. The second-order valence-electron chi connectivity index (χ2n) is 6.29. The Morgan fingerprint density at radius 1 is 1.40 bits per heavy atom. The molecular weight excluding hydrogens is 322 g/mol. The lowest BCUT2D eigenvalue weighted by molar-refractivity contribution is -0.117. The summed E-state index contributed by atoms with van der Waals surface area (Å²) in [5.41, 5.74) is 0.793. The fourth-order valence-electron chi connectivity index (χ4n) is 2.90. The lowest BCUT2D eigenvalue weighted by Crippen LogP contribution is -2.49. The van der Waals surface area contributed by atoms with Crippen LogP contribution < -0.4 is 15.0 Å². The first-order valence-corrected chi connectivity index (χ1v) is 8.67. The highest BCUT2D eigenvalue weighted by Gasteiger charge is 2.32. The normalized spacial score (nSPS) is 17.1. The van der Waals surface area contributed by atoms with Gasteiger partial charge in [-0.25, -0.2) is 4.79 Å². The van der Waals surface area contributed by atoms with Gasteiger partial charge in [-0.2, -0.15) is 0 Å². The molecule has 1 aromatic carbocycles. The van der Waals surface area contributed by atoms with Gasteiger partial charge in [0.15, 0.2) is 0 Å². The van der Waals surface area contributed by atoms with Crippen LogP contribution in [0, 0.1) is 0 Å². The van der Waals surface area contributed by atoms with Gasteiger partial charge in [0, 0.05) is 31.2 Å². The molecule has 138 valence electrons. The summed E-state index contributed by atoms with van der Waals surface area (Å²) in [4.78, 5) is 27.9. The Balaban J connectivity index is 1.98. The Hall–Kier alpha value is -2.28. The third kappa shape index (κ3) is 4.85. The number of carbonyl (C=O) groups is 2. The van der Waals surface area contributed by atoms with E-state index in [2.05, 4.69) is 5.32 Å². The average molecular weight is 349 g/mol. The zero-order valence-corrected chi connectivity index (χ0v) is 15.1. The lowest BCUT2D eigenvalue weighted by atomic mass is 10.2. The van der Waals surface area contributed by atoms with Crippen LogP contribution in [0.15, 0.2) is 24.3 Å². The van der Waals surface area contributed by atoms with Crippen molar-refractivity contribution < 1.29 is 19.4 Å². The van der Waals surface area contributed by atoms with Gasteiger partial charge in [-0.1, -0.05) is 0 Å². The molecule has 0 aliphatic carbocycles. The second-order valence-corrected chi connectivity index (χ2v) is 6.29. The number of aliphatic hydroxyl groups excluding tert-OH is 1. The first kappa shape index (κ1) is 19.1. The zero-order valence-electron chi connectivity index (χ0n) is 15.1. The average Bonchev–Trinajstić information content (AvgIpc) is 2.93. The minimum Gasteiger partial charge on any atom is -0.494 e. The molecule has 7 heteroatoms. The van der Waals surface area contributed by atoms with Crippen molar-refractivity contribution in [3.8, 4) is 5.75 Å². The summed E-state index contributed by atoms with van der Waals surface area (Å²) in [6.45, 7) is 6.91. The number of ether oxygens (including phenoxy) is 1. The largest absolute Gasteiger partial charge is 0.494 e. The van der Waals surface area contributed by atoms with E-state index in [1.165, 1.54) is 0 Å². The lowest BCUT2D eigenvalue weighted by Gasteiger charge is -2.27. The molecule has 0 aromatic heterocycles. The van der Waals surface area contributed by atoms with Gasteiger partial charge in [-0.15, -0.1) is 0 Å². The van der Waals surface area contributed by atoms with E-state index in [9.17, 15) is 9.59 Å². The van der Waals surface area contributed by atoms with Gasteiger partial charge in [0.2, 0.25) is 5.91 Å². The van der Waals surface area contributed by atoms with Crippen LogP contribution in [0.4, 0.5) is 10.5 Å². The van der Waals surface area contributed by atoms with E-state index in [1.54, 1.807) is 9.80 Å². The summed E-state index contributed by atoms with van der Waals surface area (Å²) < 4.78 is 5.41. The van der Waals surface area contributed by atoms with Crippen molar-refractivity contribution in [3.05, 3.63) is 24.3 Å². The summed E-state index contributed by atoms with van der Waals surface area (Å²) in [7, 11) is 0. The molecule has 1 fully saturated rings. The molecule has 3 amide bonds. The summed E-state index contributed by atoms with van der Waals surface area (Å²) >= 11 is 0. The molecule has 0 spiro atoms. The third-order valence-corrected chi connectivity index (χ3v) is 4.14. The summed E-state index contributed by atoms with van der Waals surface area (Å²) in [5, 5.41) is 12.0. The molecule has 2 N–H and O–H groups in total. The number of hydrogen-bond donors (Lipinski definition) is 2. The molecular formula is C18H27N3O4. The zero-order chi connectivity index (χ0) is 18.4. The Morgan fingerprint density at radius 3 is 2.64 bits per heavy atom. The molecule has 1 aromatic rings. The van der Waals surface area contributed by atoms with E-state index in [-0.39, 0.29) is 43.6 Å². The predicted molar refractivity (Wildman–Crippen MR) is 95.8 cm³/mol. The van der Waals surface area contributed by atoms with E-state index in [1.807, 2.05) is 45.0 Å². The van der Waals surface area contributed by atoms with Crippen LogP contribution in [0.1, 0.15) is 27.2 Å². The Labute approximate surface area is 148 Å². The van der Waals surface area contributed by atoms with Gasteiger partial charge in [-0.05, 0) is 45.0 Å². The van der Waals surface area contributed by atoms with Crippen molar-refractivity contribution in [1.82, 2.24) is 10.2 Å². The van der Waals surface area contributed by atoms with Crippen molar-refractivity contribution in [1.29, 1.82) is 0 Å². The molecule has 1 aliphatic heterocycles. The Bertz CT molecular complexity index is 588. The monoisotopic (exact) mass is 349 g/mol. The molecule has 0 bridgehead atoms. The molecule has 25 heavy (non-hydrogen) atoms. The van der Waals surface area contributed by atoms with Crippen molar-refractivity contribution in [2.75, 3.05) is 31.2 Å². The molecule has 0 saturated carbocycles. The van der Waals surface area contributed by atoms with Crippen LogP contribution in [0.2, 0.25) is 0 Å². The fraction of sp³-hybridized carbons (Fsp3) is 0.556. The molecule has 2 rings (SSSR count). The highest BCUT2D eigenvalue weighted by molar-refractivity contribution is 5.96. The highest BCUT2D eigenvalue weighted by atomic mass is 16.5. The van der Waals surface area contributed by atoms with E-state index in [0.29, 0.717) is 13.2 Å². The maximum atomic E-state index is 12.4. The molecule has 1 heterocycles. The van der Waals surface area contributed by atoms with Crippen LogP contribution in [0.3, 0.4) is 0 Å². The maximum absolute atomic E-state index is 12.4. The number of aliphatic hydroxyl groups is 1. The molecule has 7 nitrogen and oxygen atoms in total. The van der Waals surface area contributed by atoms with Crippen molar-refractivity contribution in [2.24, 2.45) is 0 Å². The van der Waals surface area contributed by atoms with Gasteiger partial charge in [0.1, 0.15) is 5.75 Å². The van der Waals surface area contributed by atoms with E-state index < -0.39 is 0 Å². The molecule has 1 aliphatic rings. The first-order valence-electron chi connectivity index (χ1n) is 8.67. The summed E-state index contributed by atoms with van der Waals surface area (Å²) in [6.07, 6.45) is 0.268. The van der Waals surface area contributed by atoms with Crippen molar-refractivity contribution in [2.45, 2.75) is 39.3 Å². The fourth-order valence-corrected chi connectivity index (χ4v) is 2.90. The number of benzene rings is 1. The number of urea groups is 1. The number of rotatable bonds is 7. The second kappa shape index (κ2) is 8.71. The Kier molecular flexibility index (Phi) is 6.64. The van der Waals surface area contributed by atoms with Crippen molar-refractivity contribution in [3.63, 3.8) is 0 Å². The van der Waals surface area contributed by atoms with Crippen molar-refractivity contribution >= 4 is 17.6 Å². The standard InChI is InChI=1S/C18H27N3O4/c1-4-25-16-7-5-15(6-8-16)21-12-14(11-17(21)23)19-18(24)20(9-10-22)13(2)3/h5-8,13-14,22H,4,9-12H2,1-3H3,(H,19,24). The van der Waals surface area contributed by atoms with Gasteiger partial charge in [0.05, 0.1) is 19.3 Å². The van der Waals surface area contributed by atoms with Crippen LogP contribution >= 0.6 is 0 Å². The summed E-state index contributed by atoms with van der Waals surface area (Å²) in [5.74, 6) is 0.743. The number of nitrogens with one attached hydrogen (secondary N) is 1. The highest BCUT2D eigenvalue weighted by Crippen LogP contribution is 2.24.